The molecule has 0 amide bonds. The third-order valence-corrected chi connectivity index (χ3v) is 1.83. The normalized spacial score (nSPS) is 17.5. The van der Waals surface area contributed by atoms with Gasteiger partial charge in [0, 0.05) is 0 Å². The van der Waals surface area contributed by atoms with Crippen LogP contribution in [0.5, 0.6) is 0 Å². The van der Waals surface area contributed by atoms with Crippen molar-refractivity contribution in [1.82, 2.24) is 0 Å². The lowest BCUT2D eigenvalue weighted by molar-refractivity contribution is -0.535. The van der Waals surface area contributed by atoms with Gasteiger partial charge in [0.1, 0.15) is 0 Å². The molecule has 0 aliphatic carbocycles. The Labute approximate surface area is 120 Å². The summed E-state index contributed by atoms with van der Waals surface area (Å²) in [5.74, 6) is -10.6. The summed E-state index contributed by atoms with van der Waals surface area (Å²) in [6.45, 7) is 0. The first-order valence-electron chi connectivity index (χ1n) is 4.70. The molecule has 17 heteroatoms. The lowest BCUT2D eigenvalue weighted by Crippen LogP contribution is -2.60. The van der Waals surface area contributed by atoms with Crippen molar-refractivity contribution >= 4 is 5.97 Å². The zero-order valence-electron chi connectivity index (χ0n) is 10.1. The Kier molecular flexibility index (Phi) is 5.41. The Morgan fingerprint density at radius 3 is 1.17 bits per heavy atom. The summed E-state index contributed by atoms with van der Waals surface area (Å²) in [6.07, 6.45) is -35.5. The minimum atomic E-state index is -7.23. The van der Waals surface area contributed by atoms with Gasteiger partial charge in [-0.2, -0.15) is 57.1 Å². The van der Waals surface area contributed by atoms with Gasteiger partial charge in [0.15, 0.2) is 0 Å². The van der Waals surface area contributed by atoms with Gasteiger partial charge in [0.05, 0.1) is 0 Å². The highest BCUT2D eigenvalue weighted by Gasteiger charge is 2.76. The smallest absolute Gasteiger partial charge is 0.477 e. The predicted molar refractivity (Wildman–Crippen MR) is 40.6 cm³/mol. The molecule has 0 fully saturated rings. The van der Waals surface area contributed by atoms with Crippen molar-refractivity contribution in [2.45, 2.75) is 36.5 Å². The van der Waals surface area contributed by atoms with Crippen molar-refractivity contribution in [1.29, 1.82) is 0 Å². The molecule has 1 N–H and O–H groups in total. The van der Waals surface area contributed by atoms with Crippen LogP contribution in [-0.2, 0) is 14.3 Å². The second kappa shape index (κ2) is 5.78. The van der Waals surface area contributed by atoms with Gasteiger partial charge in [-0.05, 0) is 0 Å². The standard InChI is InChI=1S/C7HF13O4/c8-2(1(21)22,3(9,10)11)23-6(17,18)7(19,20)24-5(15,16)4(12,13)14/h(H,21,22). The molecule has 4 nitrogen and oxygen atoms in total. The van der Waals surface area contributed by atoms with Gasteiger partial charge in [-0.1, -0.05) is 0 Å². The maximum Gasteiger partial charge on any atom is 0.483 e. The van der Waals surface area contributed by atoms with Gasteiger partial charge in [0.2, 0.25) is 0 Å². The van der Waals surface area contributed by atoms with E-state index in [0.717, 1.165) is 0 Å². The summed E-state index contributed by atoms with van der Waals surface area (Å²) in [5.41, 5.74) is 0. The topological polar surface area (TPSA) is 55.8 Å². The average molecular weight is 396 g/mol. The molecular weight excluding hydrogens is 395 g/mol. The highest BCUT2D eigenvalue weighted by Crippen LogP contribution is 2.49. The number of alkyl halides is 13. The van der Waals surface area contributed by atoms with Crippen LogP contribution in [0.2, 0.25) is 0 Å². The van der Waals surface area contributed by atoms with E-state index in [0.29, 0.717) is 0 Å². The Morgan fingerprint density at radius 2 is 0.917 bits per heavy atom. The Balaban J connectivity index is 5.76. The van der Waals surface area contributed by atoms with Crippen LogP contribution in [0.3, 0.4) is 0 Å². The third kappa shape index (κ3) is 4.11. The van der Waals surface area contributed by atoms with Gasteiger partial charge >= 0.3 is 42.5 Å². The van der Waals surface area contributed by atoms with Crippen LogP contribution in [0.4, 0.5) is 57.1 Å². The van der Waals surface area contributed by atoms with Crippen molar-refractivity contribution < 1.29 is 76.5 Å². The first-order chi connectivity index (χ1) is 10.1. The van der Waals surface area contributed by atoms with E-state index >= 15 is 0 Å². The summed E-state index contributed by atoms with van der Waals surface area (Å²) < 4.78 is 161. The van der Waals surface area contributed by atoms with Crippen LogP contribution < -0.4 is 0 Å². The maximum absolute atomic E-state index is 12.9. The van der Waals surface area contributed by atoms with Crippen LogP contribution >= 0.6 is 0 Å². The van der Waals surface area contributed by atoms with Crippen LogP contribution in [-0.4, -0.2) is 47.6 Å². The molecule has 0 saturated carbocycles. The van der Waals surface area contributed by atoms with E-state index in [1.165, 1.54) is 4.74 Å². The number of hydrogen-bond acceptors (Lipinski definition) is 3. The first kappa shape index (κ1) is 22.5. The second-order valence-corrected chi connectivity index (χ2v) is 3.65. The molecule has 0 aliphatic rings. The van der Waals surface area contributed by atoms with Crippen LogP contribution in [0.1, 0.15) is 0 Å². The molecule has 0 radical (unpaired) electrons. The fourth-order valence-corrected chi connectivity index (χ4v) is 0.737. The van der Waals surface area contributed by atoms with E-state index < -0.39 is 42.5 Å². The molecule has 0 aromatic carbocycles. The highest BCUT2D eigenvalue weighted by molar-refractivity contribution is 5.76. The average Bonchev–Trinajstić information content (AvgIpc) is 2.22. The zero-order chi connectivity index (χ0) is 20.0. The third-order valence-electron chi connectivity index (χ3n) is 1.83. The number of halogens is 13. The Bertz CT molecular complexity index is 480. The molecular formula is C7HF13O4. The number of carboxylic acids is 1. The summed E-state index contributed by atoms with van der Waals surface area (Å²) in [5, 5.41) is 7.79. The molecule has 24 heavy (non-hydrogen) atoms. The monoisotopic (exact) mass is 396 g/mol. The molecule has 0 rings (SSSR count). The number of rotatable bonds is 6. The number of ether oxygens (including phenoxy) is 2. The van der Waals surface area contributed by atoms with Crippen molar-refractivity contribution in [2.75, 3.05) is 0 Å². The molecule has 0 heterocycles. The van der Waals surface area contributed by atoms with Crippen molar-refractivity contribution in [2.24, 2.45) is 0 Å². The van der Waals surface area contributed by atoms with Crippen molar-refractivity contribution in [3.63, 3.8) is 0 Å². The van der Waals surface area contributed by atoms with E-state index in [1.54, 1.807) is 4.74 Å². The summed E-state index contributed by atoms with van der Waals surface area (Å²) in [4.78, 5) is 9.95. The van der Waals surface area contributed by atoms with E-state index in [9.17, 15) is 61.9 Å². The second-order valence-electron chi connectivity index (χ2n) is 3.65. The van der Waals surface area contributed by atoms with E-state index in [1.807, 2.05) is 0 Å². The van der Waals surface area contributed by atoms with Crippen LogP contribution in [0.15, 0.2) is 0 Å². The molecule has 0 aliphatic heterocycles. The van der Waals surface area contributed by atoms with Gasteiger partial charge in [0.25, 0.3) is 0 Å². The number of hydrogen-bond donors (Lipinski definition) is 1. The van der Waals surface area contributed by atoms with Gasteiger partial charge in [-0.15, -0.1) is 0 Å². The minimum absolute atomic E-state index is 1.40. The molecule has 0 aromatic heterocycles. The molecule has 0 bridgehead atoms. The highest BCUT2D eigenvalue weighted by atomic mass is 19.4. The zero-order valence-corrected chi connectivity index (χ0v) is 10.1. The summed E-state index contributed by atoms with van der Waals surface area (Å²) in [6, 6.07) is 0. The van der Waals surface area contributed by atoms with Gasteiger partial charge in [-0.25, -0.2) is 9.53 Å². The van der Waals surface area contributed by atoms with E-state index in [-0.39, 0.29) is 0 Å². The SMILES string of the molecule is O=C(O)C(F)(OC(F)(F)C(F)(F)OC(F)(F)C(F)(F)F)C(F)(F)F. The van der Waals surface area contributed by atoms with Crippen molar-refractivity contribution in [3.05, 3.63) is 0 Å². The lowest BCUT2D eigenvalue weighted by atomic mass is 10.3. The predicted octanol–water partition coefficient (Wildman–Crippen LogP) is 3.67. The largest absolute Gasteiger partial charge is 0.483 e. The number of carboxylic acid groups (broad SMARTS) is 1. The van der Waals surface area contributed by atoms with E-state index in [4.69, 9.17) is 5.11 Å². The van der Waals surface area contributed by atoms with Gasteiger partial charge in [-0.3, -0.25) is 4.74 Å². The fraction of sp³-hybridized carbons (Fsp3) is 0.857. The minimum Gasteiger partial charge on any atom is -0.477 e. The molecule has 0 spiro atoms. The number of carbonyl (C=O) groups is 1. The molecule has 1 atom stereocenters. The van der Waals surface area contributed by atoms with Crippen LogP contribution in [0, 0.1) is 0 Å². The summed E-state index contributed by atoms with van der Waals surface area (Å²) >= 11 is 0. The fourth-order valence-electron chi connectivity index (χ4n) is 0.737. The molecule has 144 valence electrons. The van der Waals surface area contributed by atoms with Crippen LogP contribution in [0.25, 0.3) is 0 Å². The number of aliphatic carboxylic acids is 1. The maximum atomic E-state index is 12.9. The quantitative estimate of drug-likeness (QED) is 0.697. The Hall–Kier alpha value is -1.52. The molecule has 1 unspecified atom stereocenters. The molecule has 0 aromatic rings. The van der Waals surface area contributed by atoms with Crippen molar-refractivity contribution in [3.8, 4) is 0 Å². The molecule has 0 saturated heterocycles. The van der Waals surface area contributed by atoms with E-state index in [2.05, 4.69) is 0 Å². The lowest BCUT2D eigenvalue weighted by Gasteiger charge is -2.33. The summed E-state index contributed by atoms with van der Waals surface area (Å²) in [7, 11) is 0. The van der Waals surface area contributed by atoms with Gasteiger partial charge < -0.3 is 5.11 Å². The first-order valence-corrected chi connectivity index (χ1v) is 4.70. The Morgan fingerprint density at radius 1 is 0.583 bits per heavy atom.